The van der Waals surface area contributed by atoms with Crippen molar-refractivity contribution >= 4 is 5.91 Å². The van der Waals surface area contributed by atoms with Gasteiger partial charge in [0.15, 0.2) is 0 Å². The first-order chi connectivity index (χ1) is 9.65. The molecule has 1 fully saturated rings. The summed E-state index contributed by atoms with van der Waals surface area (Å²) in [4.78, 5) is 26.2. The van der Waals surface area contributed by atoms with Crippen LogP contribution in [0.5, 0.6) is 0 Å². The van der Waals surface area contributed by atoms with Gasteiger partial charge in [-0.15, -0.1) is 0 Å². The summed E-state index contributed by atoms with van der Waals surface area (Å²) in [6.07, 6.45) is 3.60. The van der Waals surface area contributed by atoms with Crippen LogP contribution in [0.1, 0.15) is 25.7 Å². The first-order valence-corrected chi connectivity index (χ1v) is 7.35. The summed E-state index contributed by atoms with van der Waals surface area (Å²) >= 11 is 0. The molecule has 0 radical (unpaired) electrons. The summed E-state index contributed by atoms with van der Waals surface area (Å²) in [5.74, 6) is 1.16. The summed E-state index contributed by atoms with van der Waals surface area (Å²) in [6, 6.07) is 0.166. The maximum Gasteiger partial charge on any atom is 0.236 e. The third-order valence-electron chi connectivity index (χ3n) is 4.09. The number of amides is 1. The van der Waals surface area contributed by atoms with E-state index in [4.69, 9.17) is 0 Å². The van der Waals surface area contributed by atoms with Crippen molar-refractivity contribution in [3.05, 3.63) is 18.2 Å². The monoisotopic (exact) mass is 279 g/mol. The van der Waals surface area contributed by atoms with Gasteiger partial charge in [0.05, 0.1) is 12.6 Å². The van der Waals surface area contributed by atoms with E-state index in [0.29, 0.717) is 13.1 Å². The molecule has 0 bridgehead atoms. The number of carbonyl (C=O) groups excluding carboxylic acids is 1. The van der Waals surface area contributed by atoms with E-state index in [1.165, 1.54) is 0 Å². The van der Waals surface area contributed by atoms with Crippen LogP contribution in [0.3, 0.4) is 0 Å². The Morgan fingerprint density at radius 3 is 2.80 bits per heavy atom. The SMILES string of the molecule is CCN(CC)CC(=O)N1CCN(C)[C@H](c2ncc[nH]2)C1. The summed E-state index contributed by atoms with van der Waals surface area (Å²) < 4.78 is 0. The molecule has 0 unspecified atom stereocenters. The second-order valence-corrected chi connectivity index (χ2v) is 5.27. The summed E-state index contributed by atoms with van der Waals surface area (Å²) in [6.45, 7) is 8.92. The van der Waals surface area contributed by atoms with E-state index >= 15 is 0 Å². The number of piperazine rings is 1. The largest absolute Gasteiger partial charge is 0.347 e. The number of imidazole rings is 1. The van der Waals surface area contributed by atoms with Crippen LogP contribution in [0.4, 0.5) is 0 Å². The van der Waals surface area contributed by atoms with Gasteiger partial charge in [-0.2, -0.15) is 0 Å². The highest BCUT2D eigenvalue weighted by Crippen LogP contribution is 2.21. The Morgan fingerprint density at radius 2 is 2.20 bits per heavy atom. The van der Waals surface area contributed by atoms with Crippen LogP contribution in [0.2, 0.25) is 0 Å². The van der Waals surface area contributed by atoms with E-state index in [2.05, 4.69) is 40.7 Å². The molecule has 112 valence electrons. The van der Waals surface area contributed by atoms with E-state index in [0.717, 1.165) is 32.0 Å². The fraction of sp³-hybridized carbons (Fsp3) is 0.714. The lowest BCUT2D eigenvalue weighted by molar-refractivity contribution is -0.135. The molecule has 1 aliphatic heterocycles. The van der Waals surface area contributed by atoms with E-state index in [9.17, 15) is 4.79 Å². The van der Waals surface area contributed by atoms with Crippen molar-refractivity contribution in [3.63, 3.8) is 0 Å². The van der Waals surface area contributed by atoms with Gasteiger partial charge in [0.1, 0.15) is 5.82 Å². The van der Waals surface area contributed by atoms with Crippen molar-refractivity contribution in [2.24, 2.45) is 0 Å². The Morgan fingerprint density at radius 1 is 1.45 bits per heavy atom. The van der Waals surface area contributed by atoms with Gasteiger partial charge in [0, 0.05) is 32.0 Å². The molecule has 1 aromatic heterocycles. The number of H-pyrrole nitrogens is 1. The van der Waals surface area contributed by atoms with E-state index < -0.39 is 0 Å². The summed E-state index contributed by atoms with van der Waals surface area (Å²) in [5.41, 5.74) is 0. The maximum absolute atomic E-state index is 12.4. The Kier molecular flexibility index (Phi) is 5.14. The molecule has 0 aliphatic carbocycles. The second-order valence-electron chi connectivity index (χ2n) is 5.27. The quantitative estimate of drug-likeness (QED) is 0.856. The zero-order valence-electron chi connectivity index (χ0n) is 12.7. The van der Waals surface area contributed by atoms with Crippen molar-refractivity contribution in [1.29, 1.82) is 0 Å². The molecular formula is C14H25N5O. The highest BCUT2D eigenvalue weighted by molar-refractivity contribution is 5.78. The third kappa shape index (κ3) is 3.37. The molecule has 1 N–H and O–H groups in total. The first kappa shape index (κ1) is 15.0. The molecule has 0 saturated carbocycles. The van der Waals surface area contributed by atoms with Gasteiger partial charge in [-0.25, -0.2) is 4.98 Å². The van der Waals surface area contributed by atoms with Crippen molar-refractivity contribution in [3.8, 4) is 0 Å². The predicted octanol–water partition coefficient (Wildman–Crippen LogP) is 0.567. The Balaban J connectivity index is 1.98. The maximum atomic E-state index is 12.4. The lowest BCUT2D eigenvalue weighted by Crippen LogP contribution is -2.51. The van der Waals surface area contributed by atoms with Crippen LogP contribution < -0.4 is 0 Å². The van der Waals surface area contributed by atoms with Crippen molar-refractivity contribution in [1.82, 2.24) is 24.7 Å². The zero-order valence-corrected chi connectivity index (χ0v) is 12.7. The van der Waals surface area contributed by atoms with Crippen LogP contribution in [0.15, 0.2) is 12.4 Å². The number of nitrogens with zero attached hydrogens (tertiary/aromatic N) is 4. The number of hydrogen-bond donors (Lipinski definition) is 1. The van der Waals surface area contributed by atoms with Gasteiger partial charge < -0.3 is 9.88 Å². The minimum atomic E-state index is 0.166. The van der Waals surface area contributed by atoms with Crippen LogP contribution in [-0.4, -0.2) is 76.9 Å². The fourth-order valence-electron chi connectivity index (χ4n) is 2.59. The average molecular weight is 279 g/mol. The fourth-order valence-corrected chi connectivity index (χ4v) is 2.59. The lowest BCUT2D eigenvalue weighted by atomic mass is 10.1. The number of aromatic nitrogens is 2. The average Bonchev–Trinajstić information content (AvgIpc) is 2.99. The number of rotatable bonds is 5. The van der Waals surface area contributed by atoms with Crippen LogP contribution in [-0.2, 0) is 4.79 Å². The molecule has 0 aromatic carbocycles. The number of likely N-dealkylation sites (N-methyl/N-ethyl adjacent to an activating group) is 2. The number of carbonyl (C=O) groups is 1. The first-order valence-electron chi connectivity index (χ1n) is 7.35. The zero-order chi connectivity index (χ0) is 14.5. The normalized spacial score (nSPS) is 20.6. The van der Waals surface area contributed by atoms with Crippen molar-refractivity contribution < 1.29 is 4.79 Å². The van der Waals surface area contributed by atoms with Gasteiger partial charge >= 0.3 is 0 Å². The molecule has 6 heteroatoms. The Labute approximate surface area is 120 Å². The van der Waals surface area contributed by atoms with Crippen LogP contribution in [0, 0.1) is 0 Å². The molecular weight excluding hydrogens is 254 g/mol. The molecule has 1 atom stereocenters. The van der Waals surface area contributed by atoms with Gasteiger partial charge in [0.2, 0.25) is 5.91 Å². The topological polar surface area (TPSA) is 55.5 Å². The van der Waals surface area contributed by atoms with Crippen LogP contribution >= 0.6 is 0 Å². The van der Waals surface area contributed by atoms with Gasteiger partial charge in [-0.05, 0) is 20.1 Å². The molecule has 1 aliphatic rings. The van der Waals surface area contributed by atoms with E-state index in [-0.39, 0.29) is 11.9 Å². The van der Waals surface area contributed by atoms with Gasteiger partial charge in [-0.1, -0.05) is 13.8 Å². The third-order valence-corrected chi connectivity index (χ3v) is 4.09. The van der Waals surface area contributed by atoms with Gasteiger partial charge in [0.25, 0.3) is 0 Å². The highest BCUT2D eigenvalue weighted by Gasteiger charge is 2.30. The molecule has 1 aromatic rings. The van der Waals surface area contributed by atoms with Crippen molar-refractivity contribution in [2.75, 3.05) is 46.3 Å². The Bertz CT molecular complexity index is 415. The van der Waals surface area contributed by atoms with Gasteiger partial charge in [-0.3, -0.25) is 14.6 Å². The number of hydrogen-bond acceptors (Lipinski definition) is 4. The lowest BCUT2D eigenvalue weighted by Gasteiger charge is -2.39. The molecule has 0 spiro atoms. The second kappa shape index (κ2) is 6.85. The summed E-state index contributed by atoms with van der Waals surface area (Å²) in [7, 11) is 2.08. The minimum Gasteiger partial charge on any atom is -0.347 e. The molecule has 2 heterocycles. The standard InChI is InChI=1S/C14H25N5O/c1-4-18(5-2)11-13(20)19-9-8-17(3)12(10-19)14-15-6-7-16-14/h6-7,12H,4-5,8-11H2,1-3H3,(H,15,16)/t12-/m0/s1. The molecule has 20 heavy (non-hydrogen) atoms. The molecule has 6 nitrogen and oxygen atoms in total. The van der Waals surface area contributed by atoms with Crippen LogP contribution in [0.25, 0.3) is 0 Å². The number of aromatic amines is 1. The van der Waals surface area contributed by atoms with E-state index in [1.54, 1.807) is 6.20 Å². The number of nitrogens with one attached hydrogen (secondary N) is 1. The van der Waals surface area contributed by atoms with Crippen molar-refractivity contribution in [2.45, 2.75) is 19.9 Å². The molecule has 1 saturated heterocycles. The molecule has 2 rings (SSSR count). The highest BCUT2D eigenvalue weighted by atomic mass is 16.2. The molecule has 1 amide bonds. The smallest absolute Gasteiger partial charge is 0.236 e. The predicted molar refractivity (Wildman–Crippen MR) is 78.3 cm³/mol. The summed E-state index contributed by atoms with van der Waals surface area (Å²) in [5, 5.41) is 0. The minimum absolute atomic E-state index is 0.166. The Hall–Kier alpha value is -1.40. The van der Waals surface area contributed by atoms with E-state index in [1.807, 2.05) is 11.1 Å².